The number of nitrogens with zero attached hydrogens (tertiary/aromatic N) is 1. The number of thioether (sulfide) groups is 1. The maximum absolute atomic E-state index is 12.2. The second kappa shape index (κ2) is 9.75. The SMILES string of the molecule is CSc1ccc(CN(C)C(=O)COC(=O)c2ccc(CS(C)(=O)=O)cc2)cc1. The van der Waals surface area contributed by atoms with E-state index in [0.717, 1.165) is 16.7 Å². The fourth-order valence-corrected chi connectivity index (χ4v) is 3.66. The monoisotopic (exact) mass is 421 g/mol. The fraction of sp³-hybridized carbons (Fsp3) is 0.300. The van der Waals surface area contributed by atoms with Crippen LogP contribution in [0, 0.1) is 0 Å². The molecule has 0 fully saturated rings. The zero-order chi connectivity index (χ0) is 20.7. The molecule has 2 aromatic carbocycles. The number of amides is 1. The molecule has 0 aliphatic heterocycles. The van der Waals surface area contributed by atoms with E-state index < -0.39 is 15.8 Å². The number of carbonyl (C=O) groups excluding carboxylic acids is 2. The summed E-state index contributed by atoms with van der Waals surface area (Å²) in [6, 6.07) is 14.0. The quantitative estimate of drug-likeness (QED) is 0.482. The molecule has 0 saturated heterocycles. The van der Waals surface area contributed by atoms with E-state index in [2.05, 4.69) is 0 Å². The van der Waals surface area contributed by atoms with Crippen LogP contribution < -0.4 is 0 Å². The number of benzene rings is 2. The van der Waals surface area contributed by atoms with Gasteiger partial charge in [-0.15, -0.1) is 11.8 Å². The molecule has 0 atom stereocenters. The van der Waals surface area contributed by atoms with Gasteiger partial charge in [0.25, 0.3) is 5.91 Å². The molecule has 0 N–H and O–H groups in total. The van der Waals surface area contributed by atoms with Gasteiger partial charge in [0.15, 0.2) is 16.4 Å². The Morgan fingerprint density at radius 2 is 1.57 bits per heavy atom. The van der Waals surface area contributed by atoms with Crippen molar-refractivity contribution in [3.63, 3.8) is 0 Å². The average Bonchev–Trinajstić information content (AvgIpc) is 2.65. The summed E-state index contributed by atoms with van der Waals surface area (Å²) in [5.74, 6) is -1.03. The van der Waals surface area contributed by atoms with E-state index in [1.54, 1.807) is 30.9 Å². The van der Waals surface area contributed by atoms with Crippen LogP contribution in [0.3, 0.4) is 0 Å². The van der Waals surface area contributed by atoms with Crippen LogP contribution >= 0.6 is 11.8 Å². The number of ether oxygens (including phenoxy) is 1. The summed E-state index contributed by atoms with van der Waals surface area (Å²) in [7, 11) is -1.49. The van der Waals surface area contributed by atoms with Crippen molar-refractivity contribution in [3.8, 4) is 0 Å². The van der Waals surface area contributed by atoms with Gasteiger partial charge in [-0.2, -0.15) is 0 Å². The number of hydrogen-bond acceptors (Lipinski definition) is 6. The molecule has 0 spiro atoms. The van der Waals surface area contributed by atoms with Gasteiger partial charge in [0.2, 0.25) is 0 Å². The number of hydrogen-bond donors (Lipinski definition) is 0. The lowest BCUT2D eigenvalue weighted by Gasteiger charge is -2.17. The molecule has 150 valence electrons. The first-order chi connectivity index (χ1) is 13.2. The number of carbonyl (C=O) groups is 2. The lowest BCUT2D eigenvalue weighted by molar-refractivity contribution is -0.133. The molecule has 2 aromatic rings. The molecule has 8 heteroatoms. The highest BCUT2D eigenvalue weighted by molar-refractivity contribution is 7.98. The molecule has 0 unspecified atom stereocenters. The van der Waals surface area contributed by atoms with Crippen molar-refractivity contribution >= 4 is 33.5 Å². The summed E-state index contributed by atoms with van der Waals surface area (Å²) in [5.41, 5.74) is 1.84. The van der Waals surface area contributed by atoms with Gasteiger partial charge in [-0.05, 0) is 41.6 Å². The Hall–Kier alpha value is -2.32. The van der Waals surface area contributed by atoms with Crippen molar-refractivity contribution < 1.29 is 22.7 Å². The first-order valence-corrected chi connectivity index (χ1v) is 11.8. The molecule has 6 nitrogen and oxygen atoms in total. The third-order valence-electron chi connectivity index (χ3n) is 3.95. The van der Waals surface area contributed by atoms with E-state index in [4.69, 9.17) is 4.74 Å². The summed E-state index contributed by atoms with van der Waals surface area (Å²) < 4.78 is 27.7. The molecule has 0 radical (unpaired) electrons. The molecule has 1 amide bonds. The molecule has 0 heterocycles. The van der Waals surface area contributed by atoms with Crippen molar-refractivity contribution in [1.82, 2.24) is 4.90 Å². The van der Waals surface area contributed by atoms with Gasteiger partial charge < -0.3 is 9.64 Å². The van der Waals surface area contributed by atoms with Gasteiger partial charge in [-0.25, -0.2) is 13.2 Å². The van der Waals surface area contributed by atoms with E-state index in [-0.39, 0.29) is 23.8 Å². The van der Waals surface area contributed by atoms with Gasteiger partial charge >= 0.3 is 5.97 Å². The van der Waals surface area contributed by atoms with Gasteiger partial charge in [-0.3, -0.25) is 4.79 Å². The van der Waals surface area contributed by atoms with Gasteiger partial charge in [0.05, 0.1) is 11.3 Å². The van der Waals surface area contributed by atoms with Gasteiger partial charge in [0, 0.05) is 24.7 Å². The van der Waals surface area contributed by atoms with E-state index >= 15 is 0 Å². The zero-order valence-corrected chi connectivity index (χ0v) is 17.7. The minimum atomic E-state index is -3.14. The average molecular weight is 422 g/mol. The predicted molar refractivity (Wildman–Crippen MR) is 110 cm³/mol. The van der Waals surface area contributed by atoms with E-state index in [1.165, 1.54) is 17.0 Å². The molecule has 0 aliphatic rings. The number of sulfone groups is 1. The van der Waals surface area contributed by atoms with E-state index in [1.807, 2.05) is 30.5 Å². The van der Waals surface area contributed by atoms with Crippen LogP contribution in [0.1, 0.15) is 21.5 Å². The number of esters is 1. The Kier molecular flexibility index (Phi) is 7.65. The van der Waals surface area contributed by atoms with E-state index in [0.29, 0.717) is 12.1 Å². The van der Waals surface area contributed by atoms with Crippen molar-refractivity contribution in [3.05, 3.63) is 65.2 Å². The van der Waals surface area contributed by atoms with Crippen molar-refractivity contribution in [2.45, 2.75) is 17.2 Å². The Morgan fingerprint density at radius 1 is 1.00 bits per heavy atom. The van der Waals surface area contributed by atoms with Gasteiger partial charge in [-0.1, -0.05) is 24.3 Å². The highest BCUT2D eigenvalue weighted by Gasteiger charge is 2.14. The van der Waals surface area contributed by atoms with Crippen molar-refractivity contribution in [1.29, 1.82) is 0 Å². The molecule has 28 heavy (non-hydrogen) atoms. The van der Waals surface area contributed by atoms with Gasteiger partial charge in [0.1, 0.15) is 0 Å². The van der Waals surface area contributed by atoms with Crippen LogP contribution in [0.2, 0.25) is 0 Å². The number of likely N-dealkylation sites (N-methyl/N-ethyl adjacent to an activating group) is 1. The van der Waals surface area contributed by atoms with Crippen LogP contribution in [-0.4, -0.2) is 51.4 Å². The lowest BCUT2D eigenvalue weighted by atomic mass is 10.1. The minimum absolute atomic E-state index is 0.0937. The van der Waals surface area contributed by atoms with Crippen LogP contribution in [-0.2, 0) is 31.7 Å². The highest BCUT2D eigenvalue weighted by atomic mass is 32.2. The van der Waals surface area contributed by atoms with Crippen LogP contribution in [0.4, 0.5) is 0 Å². The van der Waals surface area contributed by atoms with Crippen LogP contribution in [0.15, 0.2) is 53.4 Å². The standard InChI is InChI=1S/C20H23NO5S2/c1-21(12-15-6-10-18(27-2)11-7-15)19(22)13-26-20(23)17-8-4-16(5-9-17)14-28(3,24)25/h4-11H,12-14H2,1-3H3. The maximum Gasteiger partial charge on any atom is 0.338 e. The minimum Gasteiger partial charge on any atom is -0.452 e. The summed E-state index contributed by atoms with van der Waals surface area (Å²) in [6.07, 6.45) is 3.15. The highest BCUT2D eigenvalue weighted by Crippen LogP contribution is 2.15. The molecule has 2 rings (SSSR count). The second-order valence-corrected chi connectivity index (χ2v) is 9.46. The smallest absolute Gasteiger partial charge is 0.338 e. The largest absolute Gasteiger partial charge is 0.452 e. The molecule has 0 saturated carbocycles. The summed E-state index contributed by atoms with van der Waals surface area (Å²) >= 11 is 1.65. The Balaban J connectivity index is 1.86. The second-order valence-electron chi connectivity index (χ2n) is 6.44. The predicted octanol–water partition coefficient (Wildman–Crippen LogP) is 2.77. The Morgan fingerprint density at radius 3 is 2.11 bits per heavy atom. The van der Waals surface area contributed by atoms with Crippen molar-refractivity contribution in [2.75, 3.05) is 26.2 Å². The first-order valence-electron chi connectivity index (χ1n) is 8.48. The Labute approximate surface area is 169 Å². The third-order valence-corrected chi connectivity index (χ3v) is 5.55. The fourth-order valence-electron chi connectivity index (χ4n) is 2.45. The molecular weight excluding hydrogens is 398 g/mol. The third kappa shape index (κ3) is 7.01. The molecular formula is C20H23NO5S2. The maximum atomic E-state index is 12.2. The topological polar surface area (TPSA) is 80.8 Å². The lowest BCUT2D eigenvalue weighted by Crippen LogP contribution is -2.30. The molecule has 0 bridgehead atoms. The van der Waals surface area contributed by atoms with Crippen molar-refractivity contribution in [2.24, 2.45) is 0 Å². The Bertz CT molecular complexity index is 922. The zero-order valence-electron chi connectivity index (χ0n) is 16.0. The summed E-state index contributed by atoms with van der Waals surface area (Å²) in [4.78, 5) is 26.9. The normalized spacial score (nSPS) is 11.1. The van der Waals surface area contributed by atoms with Crippen LogP contribution in [0.5, 0.6) is 0 Å². The molecule has 0 aromatic heterocycles. The van der Waals surface area contributed by atoms with Crippen LogP contribution in [0.25, 0.3) is 0 Å². The summed E-state index contributed by atoms with van der Waals surface area (Å²) in [6.45, 7) is 0.0640. The first kappa shape index (κ1) is 22.0. The molecule has 0 aliphatic carbocycles. The number of rotatable bonds is 8. The summed E-state index contributed by atoms with van der Waals surface area (Å²) in [5, 5.41) is 0. The van der Waals surface area contributed by atoms with E-state index in [9.17, 15) is 18.0 Å².